The number of ether oxygens (including phenoxy) is 3. The van der Waals surface area contributed by atoms with Crippen LogP contribution in [0.2, 0.25) is 5.02 Å². The first kappa shape index (κ1) is 21.3. The largest absolute Gasteiger partial charge is 0.495 e. The molecule has 0 spiro atoms. The van der Waals surface area contributed by atoms with Crippen LogP contribution in [0.5, 0.6) is 11.5 Å². The molecule has 1 aromatic carbocycles. The predicted molar refractivity (Wildman–Crippen MR) is 96.8 cm³/mol. The first-order chi connectivity index (χ1) is 11.0. The SMILES string of the molecule is CC.COC(=O)CCNC(=S)Nc1cc(OC)c(Cl)cc1OC. The fourth-order valence-electron chi connectivity index (χ4n) is 1.50. The van der Waals surface area contributed by atoms with Gasteiger partial charge >= 0.3 is 5.97 Å². The van der Waals surface area contributed by atoms with Gasteiger partial charge in [0.25, 0.3) is 0 Å². The van der Waals surface area contributed by atoms with Crippen LogP contribution >= 0.6 is 23.8 Å². The Kier molecular flexibility index (Phi) is 10.9. The van der Waals surface area contributed by atoms with Crippen molar-refractivity contribution in [2.75, 3.05) is 33.2 Å². The molecule has 0 aromatic heterocycles. The zero-order chi connectivity index (χ0) is 17.8. The van der Waals surface area contributed by atoms with Crippen LogP contribution in [0.25, 0.3) is 0 Å². The summed E-state index contributed by atoms with van der Waals surface area (Å²) in [4.78, 5) is 11.0. The van der Waals surface area contributed by atoms with E-state index in [1.165, 1.54) is 21.3 Å². The van der Waals surface area contributed by atoms with E-state index in [2.05, 4.69) is 15.4 Å². The van der Waals surface area contributed by atoms with Crippen molar-refractivity contribution < 1.29 is 19.0 Å². The van der Waals surface area contributed by atoms with Gasteiger partial charge in [-0.2, -0.15) is 0 Å². The van der Waals surface area contributed by atoms with Crippen LogP contribution in [0, 0.1) is 0 Å². The summed E-state index contributed by atoms with van der Waals surface area (Å²) in [7, 11) is 4.38. The molecule has 0 amide bonds. The van der Waals surface area contributed by atoms with Gasteiger partial charge in [0.15, 0.2) is 5.11 Å². The van der Waals surface area contributed by atoms with Gasteiger partial charge in [0.2, 0.25) is 0 Å². The lowest BCUT2D eigenvalue weighted by atomic mass is 10.2. The van der Waals surface area contributed by atoms with Gasteiger partial charge in [-0.1, -0.05) is 25.4 Å². The second-order valence-corrected chi connectivity index (χ2v) is 4.71. The van der Waals surface area contributed by atoms with E-state index < -0.39 is 0 Å². The molecule has 1 aromatic rings. The Bertz CT molecular complexity index is 526. The van der Waals surface area contributed by atoms with E-state index in [0.29, 0.717) is 33.9 Å². The number of hydrogen-bond acceptors (Lipinski definition) is 5. The van der Waals surface area contributed by atoms with Gasteiger partial charge in [0.1, 0.15) is 11.5 Å². The topological polar surface area (TPSA) is 68.8 Å². The van der Waals surface area contributed by atoms with Gasteiger partial charge in [0.05, 0.1) is 38.5 Å². The van der Waals surface area contributed by atoms with E-state index in [0.717, 1.165) is 0 Å². The molecular formula is C15H23ClN2O4S. The second kappa shape index (κ2) is 11.8. The summed E-state index contributed by atoms with van der Waals surface area (Å²) in [5, 5.41) is 6.63. The second-order valence-electron chi connectivity index (χ2n) is 3.89. The van der Waals surface area contributed by atoms with Crippen molar-refractivity contribution in [3.63, 3.8) is 0 Å². The van der Waals surface area contributed by atoms with Crippen molar-refractivity contribution >= 4 is 40.6 Å². The van der Waals surface area contributed by atoms with E-state index in [1.807, 2.05) is 13.8 Å². The number of anilines is 1. The lowest BCUT2D eigenvalue weighted by Gasteiger charge is -2.15. The highest BCUT2D eigenvalue weighted by atomic mass is 35.5. The summed E-state index contributed by atoms with van der Waals surface area (Å²) >= 11 is 11.2. The lowest BCUT2D eigenvalue weighted by molar-refractivity contribution is -0.140. The van der Waals surface area contributed by atoms with Crippen molar-refractivity contribution in [1.82, 2.24) is 5.32 Å². The monoisotopic (exact) mass is 362 g/mol. The fraction of sp³-hybridized carbons (Fsp3) is 0.467. The molecule has 0 saturated heterocycles. The molecule has 0 aliphatic carbocycles. The van der Waals surface area contributed by atoms with Crippen LogP contribution in [-0.4, -0.2) is 39.0 Å². The van der Waals surface area contributed by atoms with E-state index in [-0.39, 0.29) is 12.4 Å². The number of thiocarbonyl (C=S) groups is 1. The first-order valence-corrected chi connectivity index (χ1v) is 7.83. The van der Waals surface area contributed by atoms with Crippen LogP contribution in [-0.2, 0) is 9.53 Å². The van der Waals surface area contributed by atoms with E-state index in [9.17, 15) is 4.79 Å². The number of halogens is 1. The molecule has 6 nitrogen and oxygen atoms in total. The van der Waals surface area contributed by atoms with E-state index in [1.54, 1.807) is 12.1 Å². The van der Waals surface area contributed by atoms with Crippen molar-refractivity contribution in [2.45, 2.75) is 20.3 Å². The van der Waals surface area contributed by atoms with Crippen LogP contribution < -0.4 is 20.1 Å². The number of hydrogen-bond donors (Lipinski definition) is 2. The average Bonchev–Trinajstić information content (AvgIpc) is 2.57. The number of methoxy groups -OCH3 is 3. The molecule has 2 N–H and O–H groups in total. The highest BCUT2D eigenvalue weighted by Crippen LogP contribution is 2.35. The quantitative estimate of drug-likeness (QED) is 0.594. The fourth-order valence-corrected chi connectivity index (χ4v) is 1.95. The maximum absolute atomic E-state index is 11.0. The van der Waals surface area contributed by atoms with Gasteiger partial charge in [-0.05, 0) is 12.2 Å². The Morgan fingerprint density at radius 1 is 1.17 bits per heavy atom. The van der Waals surface area contributed by atoms with E-state index >= 15 is 0 Å². The molecule has 23 heavy (non-hydrogen) atoms. The van der Waals surface area contributed by atoms with Gasteiger partial charge < -0.3 is 24.8 Å². The molecular weight excluding hydrogens is 340 g/mol. The predicted octanol–water partition coefficient (Wildman–Crippen LogP) is 3.23. The summed E-state index contributed by atoms with van der Waals surface area (Å²) in [6.07, 6.45) is 0.222. The minimum atomic E-state index is -0.309. The maximum atomic E-state index is 11.0. The Hall–Kier alpha value is -1.73. The minimum absolute atomic E-state index is 0.222. The smallest absolute Gasteiger partial charge is 0.307 e. The van der Waals surface area contributed by atoms with Crippen molar-refractivity contribution in [1.29, 1.82) is 0 Å². The Balaban J connectivity index is 0.00000232. The Morgan fingerprint density at radius 2 is 1.78 bits per heavy atom. The van der Waals surface area contributed by atoms with E-state index in [4.69, 9.17) is 33.3 Å². The molecule has 0 bridgehead atoms. The molecule has 0 atom stereocenters. The number of rotatable bonds is 6. The minimum Gasteiger partial charge on any atom is -0.495 e. The van der Waals surface area contributed by atoms with Crippen LogP contribution in [0.4, 0.5) is 5.69 Å². The summed E-state index contributed by atoms with van der Waals surface area (Å²) in [6.45, 7) is 4.37. The molecule has 130 valence electrons. The van der Waals surface area contributed by atoms with Gasteiger partial charge in [-0.15, -0.1) is 0 Å². The third-order valence-electron chi connectivity index (χ3n) is 2.56. The summed E-state index contributed by atoms with van der Waals surface area (Å²) in [6, 6.07) is 3.30. The normalized spacial score (nSPS) is 9.13. The molecule has 0 radical (unpaired) electrons. The van der Waals surface area contributed by atoms with Crippen molar-refractivity contribution in [3.05, 3.63) is 17.2 Å². The molecule has 1 rings (SSSR count). The van der Waals surface area contributed by atoms with Crippen LogP contribution in [0.3, 0.4) is 0 Å². The summed E-state index contributed by atoms with van der Waals surface area (Å²) < 4.78 is 14.9. The van der Waals surface area contributed by atoms with Crippen LogP contribution in [0.1, 0.15) is 20.3 Å². The molecule has 0 aliphatic heterocycles. The van der Waals surface area contributed by atoms with Gasteiger partial charge in [-0.3, -0.25) is 4.79 Å². The van der Waals surface area contributed by atoms with Crippen molar-refractivity contribution in [3.8, 4) is 11.5 Å². The Labute approximate surface area is 147 Å². The number of carbonyl (C=O) groups is 1. The lowest BCUT2D eigenvalue weighted by Crippen LogP contribution is -2.30. The number of nitrogens with one attached hydrogen (secondary N) is 2. The third kappa shape index (κ3) is 7.38. The first-order valence-electron chi connectivity index (χ1n) is 7.05. The summed E-state index contributed by atoms with van der Waals surface area (Å²) in [5.74, 6) is 0.714. The molecule has 0 heterocycles. The Morgan fingerprint density at radius 3 is 2.30 bits per heavy atom. The zero-order valence-corrected chi connectivity index (χ0v) is 15.6. The highest BCUT2D eigenvalue weighted by Gasteiger charge is 2.11. The third-order valence-corrected chi connectivity index (χ3v) is 3.11. The van der Waals surface area contributed by atoms with Gasteiger partial charge in [-0.25, -0.2) is 0 Å². The molecule has 0 aliphatic rings. The zero-order valence-electron chi connectivity index (χ0n) is 14.0. The number of carbonyl (C=O) groups excluding carboxylic acids is 1. The molecule has 0 saturated carbocycles. The molecule has 8 heteroatoms. The highest BCUT2D eigenvalue weighted by molar-refractivity contribution is 7.80. The van der Waals surface area contributed by atoms with Gasteiger partial charge in [0, 0.05) is 18.7 Å². The van der Waals surface area contributed by atoms with Crippen LogP contribution in [0.15, 0.2) is 12.1 Å². The number of esters is 1. The van der Waals surface area contributed by atoms with Crippen molar-refractivity contribution in [2.24, 2.45) is 0 Å². The molecule has 0 fully saturated rings. The number of benzene rings is 1. The standard InChI is InChI=1S/C13H17ClN2O4S.C2H6/c1-18-10-7-9(11(19-2)6-8(10)14)16-13(21)15-5-4-12(17)20-3;1-2/h6-7H,4-5H2,1-3H3,(H2,15,16,21);1-2H3. The maximum Gasteiger partial charge on any atom is 0.307 e. The molecule has 0 unspecified atom stereocenters. The average molecular weight is 363 g/mol. The summed E-state index contributed by atoms with van der Waals surface area (Å²) in [5.41, 5.74) is 0.606.